The molecule has 0 saturated carbocycles. The number of esters is 1. The molecule has 0 N–H and O–H groups in total. The quantitative estimate of drug-likeness (QED) is 0.153. The van der Waals surface area contributed by atoms with Gasteiger partial charge in [0.15, 0.2) is 5.06 Å². The van der Waals surface area contributed by atoms with E-state index in [0.29, 0.717) is 11.5 Å². The minimum absolute atomic E-state index is 0.0203. The van der Waals surface area contributed by atoms with Gasteiger partial charge >= 0.3 is 5.97 Å². The smallest absolute Gasteiger partial charge is 0.311 e. The van der Waals surface area contributed by atoms with Crippen LogP contribution >= 0.6 is 46.6 Å². The summed E-state index contributed by atoms with van der Waals surface area (Å²) in [6.45, 7) is 9.32. The summed E-state index contributed by atoms with van der Waals surface area (Å²) in [5, 5.41) is 0.604. The van der Waals surface area contributed by atoms with E-state index in [0.717, 1.165) is 57.8 Å². The van der Waals surface area contributed by atoms with Crippen molar-refractivity contribution in [1.82, 2.24) is 0 Å². The van der Waals surface area contributed by atoms with E-state index in [-0.39, 0.29) is 10.0 Å². The van der Waals surface area contributed by atoms with E-state index in [1.807, 2.05) is 42.6 Å². The molecule has 0 saturated heterocycles. The van der Waals surface area contributed by atoms with Gasteiger partial charge in [0.1, 0.15) is 5.75 Å². The highest BCUT2D eigenvalue weighted by atomic mass is 32.2. The summed E-state index contributed by atoms with van der Waals surface area (Å²) >= 11 is 7.22. The van der Waals surface area contributed by atoms with Crippen LogP contribution in [0.4, 0.5) is 0 Å². The van der Waals surface area contributed by atoms with E-state index in [2.05, 4.69) is 44.7 Å². The molecule has 0 radical (unpaired) electrons. The molecule has 1 aromatic carbocycles. The largest absolute Gasteiger partial charge is 0.493 e. The van der Waals surface area contributed by atoms with Gasteiger partial charge in [0, 0.05) is 28.9 Å². The fraction of sp³-hybridized carbons (Fsp3) is 0.480. The number of hydrogen-bond donors (Lipinski definition) is 0. The molecule has 0 atom stereocenters. The van der Waals surface area contributed by atoms with Crippen molar-refractivity contribution in [2.45, 2.75) is 55.9 Å². The molecule has 0 unspecified atom stereocenters. The van der Waals surface area contributed by atoms with Crippen molar-refractivity contribution in [3.8, 4) is 22.7 Å². The molecule has 0 bridgehead atoms. The van der Waals surface area contributed by atoms with Gasteiger partial charge in [-0.2, -0.15) is 0 Å². The second-order valence-corrected chi connectivity index (χ2v) is 12.8. The van der Waals surface area contributed by atoms with Gasteiger partial charge in [-0.05, 0) is 47.9 Å². The number of ether oxygens (including phenoxy) is 2. The first-order chi connectivity index (χ1) is 15.5. The van der Waals surface area contributed by atoms with Crippen LogP contribution in [0.15, 0.2) is 29.2 Å². The summed E-state index contributed by atoms with van der Waals surface area (Å²) in [6, 6.07) is 8.18. The third-order valence-electron chi connectivity index (χ3n) is 4.81. The Hall–Kier alpha value is -1.20. The molecule has 1 aliphatic heterocycles. The van der Waals surface area contributed by atoms with Crippen molar-refractivity contribution >= 4 is 52.6 Å². The van der Waals surface area contributed by atoms with Crippen LogP contribution in [0.3, 0.4) is 0 Å². The molecule has 172 valence electrons. The number of thioether (sulfide) groups is 3. The fourth-order valence-electron chi connectivity index (χ4n) is 3.53. The summed E-state index contributed by atoms with van der Waals surface area (Å²) in [4.78, 5) is 13.8. The zero-order valence-corrected chi connectivity index (χ0v) is 22.4. The van der Waals surface area contributed by atoms with Crippen LogP contribution in [-0.2, 0) is 8.87 Å². The maximum atomic E-state index is 11.8. The first-order valence-electron chi connectivity index (χ1n) is 11.1. The van der Waals surface area contributed by atoms with Gasteiger partial charge < -0.3 is 9.47 Å². The van der Waals surface area contributed by atoms with E-state index in [1.54, 1.807) is 11.8 Å². The Morgan fingerprint density at radius 2 is 1.91 bits per heavy atom. The fourth-order valence-corrected chi connectivity index (χ4v) is 8.08. The molecule has 2 heterocycles. The predicted molar refractivity (Wildman–Crippen MR) is 142 cm³/mol. The topological polar surface area (TPSA) is 35.5 Å². The van der Waals surface area contributed by atoms with Gasteiger partial charge in [-0.15, -0.1) is 35.3 Å². The minimum Gasteiger partial charge on any atom is -0.493 e. The van der Waals surface area contributed by atoms with Crippen molar-refractivity contribution in [3.63, 3.8) is 0 Å². The Morgan fingerprint density at radius 3 is 2.59 bits per heavy atom. The lowest BCUT2D eigenvalue weighted by atomic mass is 10.0. The van der Waals surface area contributed by atoms with Gasteiger partial charge in [-0.25, -0.2) is 0 Å². The predicted octanol–water partition coefficient (Wildman–Crippen LogP) is 7.41. The van der Waals surface area contributed by atoms with Gasteiger partial charge in [0.05, 0.1) is 15.6 Å². The van der Waals surface area contributed by atoms with Gasteiger partial charge in [0.2, 0.25) is 0 Å². The zero-order valence-electron chi connectivity index (χ0n) is 19.1. The monoisotopic (exact) mass is 506 g/mol. The molecule has 7 heteroatoms. The number of fused-ring (bicyclic) bond motifs is 1. The summed E-state index contributed by atoms with van der Waals surface area (Å²) in [5.74, 6) is 10.6. The summed E-state index contributed by atoms with van der Waals surface area (Å²) < 4.78 is 11.5. The molecular formula is C25H30O3S4. The molecule has 1 aliphatic rings. The number of hydrogen-bond acceptors (Lipinski definition) is 7. The third kappa shape index (κ3) is 6.22. The van der Waals surface area contributed by atoms with Crippen molar-refractivity contribution < 1.29 is 14.3 Å². The highest BCUT2D eigenvalue weighted by Gasteiger charge is 2.38. The molecule has 0 spiro atoms. The van der Waals surface area contributed by atoms with Crippen LogP contribution in [0.2, 0.25) is 0 Å². The molecule has 3 nitrogen and oxygen atoms in total. The Kier molecular flexibility index (Phi) is 9.78. The Balaban J connectivity index is 1.95. The lowest BCUT2D eigenvalue weighted by molar-refractivity contribution is -0.134. The second kappa shape index (κ2) is 12.3. The molecule has 2 aromatic rings. The Labute approximate surface area is 208 Å². The molecule has 0 amide bonds. The van der Waals surface area contributed by atoms with Gasteiger partial charge in [0.25, 0.3) is 0 Å². The van der Waals surface area contributed by atoms with Crippen LogP contribution in [-0.4, -0.2) is 29.8 Å². The van der Waals surface area contributed by atoms with Crippen LogP contribution < -0.4 is 9.47 Å². The summed E-state index contributed by atoms with van der Waals surface area (Å²) in [7, 11) is 0. The molecule has 0 aliphatic carbocycles. The maximum Gasteiger partial charge on any atom is 0.311 e. The first-order valence-corrected chi connectivity index (χ1v) is 14.9. The standard InChI is InChI=1S/C25H30O3S4/c1-5-9-23(26)28-24-13-12-19(32-24)11-10-18-16-20-21(17-22(18)29-6-2)27-15-14-25(20,30-7-3)31-8-4/h12-13,16-17H,5-9,14-15H2,1-4H3. The molecular weight excluding hydrogens is 477 g/mol. The molecule has 32 heavy (non-hydrogen) atoms. The maximum absolute atomic E-state index is 11.8. The normalized spacial score (nSPS) is 14.1. The molecule has 0 fully saturated rings. The Morgan fingerprint density at radius 1 is 1.12 bits per heavy atom. The number of rotatable bonds is 9. The third-order valence-corrected chi connectivity index (χ3v) is 9.69. The van der Waals surface area contributed by atoms with Crippen LogP contribution in [0.25, 0.3) is 0 Å². The zero-order chi connectivity index (χ0) is 23.0. The SMILES string of the molecule is CCCC(=O)Oc1ccc(C#Cc2cc3c(cc2SCC)OCCC3(SCC)SCC)s1. The van der Waals surface area contributed by atoms with E-state index in [4.69, 9.17) is 9.47 Å². The highest BCUT2D eigenvalue weighted by molar-refractivity contribution is 8.17. The summed E-state index contributed by atoms with van der Waals surface area (Å²) in [5.41, 5.74) is 2.30. The Bertz CT molecular complexity index is 981. The average molecular weight is 507 g/mol. The molecule has 1 aromatic heterocycles. The van der Waals surface area contributed by atoms with Gasteiger partial charge in [-0.3, -0.25) is 4.79 Å². The second-order valence-electron chi connectivity index (χ2n) is 7.09. The van der Waals surface area contributed by atoms with E-state index >= 15 is 0 Å². The van der Waals surface area contributed by atoms with Crippen molar-refractivity contribution in [1.29, 1.82) is 0 Å². The number of carbonyl (C=O) groups excluding carboxylic acids is 1. The van der Waals surface area contributed by atoms with E-state index in [9.17, 15) is 4.79 Å². The lowest BCUT2D eigenvalue weighted by Gasteiger charge is -2.38. The molecule has 3 rings (SSSR count). The minimum atomic E-state index is -0.191. The highest BCUT2D eigenvalue weighted by Crippen LogP contribution is 2.55. The van der Waals surface area contributed by atoms with Gasteiger partial charge in [-0.1, -0.05) is 50.9 Å². The van der Waals surface area contributed by atoms with Crippen LogP contribution in [0.1, 0.15) is 63.0 Å². The average Bonchev–Trinajstić information content (AvgIpc) is 3.20. The van der Waals surface area contributed by atoms with E-state index in [1.165, 1.54) is 16.9 Å². The lowest BCUT2D eigenvalue weighted by Crippen LogP contribution is -2.27. The number of carbonyl (C=O) groups is 1. The van der Waals surface area contributed by atoms with E-state index < -0.39 is 0 Å². The summed E-state index contributed by atoms with van der Waals surface area (Å²) in [6.07, 6.45) is 2.22. The number of benzene rings is 1. The number of thiophene rings is 1. The van der Waals surface area contributed by atoms with Crippen molar-refractivity contribution in [2.24, 2.45) is 0 Å². The van der Waals surface area contributed by atoms with Crippen molar-refractivity contribution in [2.75, 3.05) is 23.9 Å². The van der Waals surface area contributed by atoms with Crippen LogP contribution in [0.5, 0.6) is 10.8 Å². The van der Waals surface area contributed by atoms with Crippen molar-refractivity contribution in [3.05, 3.63) is 40.3 Å². The first kappa shape index (κ1) is 25.4. The van der Waals surface area contributed by atoms with Crippen LogP contribution in [0, 0.1) is 11.8 Å².